The Balaban J connectivity index is 1.73. The van der Waals surface area contributed by atoms with E-state index in [1.807, 2.05) is 23.1 Å². The second kappa shape index (κ2) is 8.94. The Morgan fingerprint density at radius 3 is 2.44 bits per heavy atom. The summed E-state index contributed by atoms with van der Waals surface area (Å²) in [7, 11) is 0. The van der Waals surface area contributed by atoms with Crippen molar-refractivity contribution < 1.29 is 10.2 Å². The molecule has 1 saturated heterocycles. The highest BCUT2D eigenvalue weighted by Gasteiger charge is 2.18. The lowest BCUT2D eigenvalue weighted by molar-refractivity contribution is 0.165. The molecule has 136 valence electrons. The number of nitrogens with zero attached hydrogens (tertiary/aromatic N) is 4. The quantitative estimate of drug-likeness (QED) is 0.623. The minimum Gasteiger partial charge on any atom is -0.395 e. The van der Waals surface area contributed by atoms with E-state index in [-0.39, 0.29) is 13.2 Å². The van der Waals surface area contributed by atoms with Gasteiger partial charge in [-0.1, -0.05) is 12.1 Å². The molecule has 0 bridgehead atoms. The smallest absolute Gasteiger partial charge is 0.225 e. The maximum Gasteiger partial charge on any atom is 0.225 e. The van der Waals surface area contributed by atoms with E-state index in [0.717, 1.165) is 36.4 Å². The van der Waals surface area contributed by atoms with E-state index in [9.17, 15) is 0 Å². The van der Waals surface area contributed by atoms with E-state index in [4.69, 9.17) is 15.2 Å². The third kappa shape index (κ3) is 4.56. The van der Waals surface area contributed by atoms with Crippen LogP contribution < -0.4 is 10.2 Å². The van der Waals surface area contributed by atoms with E-state index < -0.39 is 0 Å². The zero-order chi connectivity index (χ0) is 17.5. The van der Waals surface area contributed by atoms with Gasteiger partial charge >= 0.3 is 0 Å². The van der Waals surface area contributed by atoms with Crippen molar-refractivity contribution in [2.24, 2.45) is 0 Å². The van der Waals surface area contributed by atoms with Gasteiger partial charge in [-0.2, -0.15) is 4.98 Å². The van der Waals surface area contributed by atoms with Crippen LogP contribution >= 0.6 is 0 Å². The summed E-state index contributed by atoms with van der Waals surface area (Å²) in [6.07, 6.45) is 2.41. The van der Waals surface area contributed by atoms with Gasteiger partial charge < -0.3 is 20.4 Å². The van der Waals surface area contributed by atoms with Crippen LogP contribution in [0.2, 0.25) is 0 Å². The maximum atomic E-state index is 9.08. The van der Waals surface area contributed by atoms with Gasteiger partial charge in [-0.05, 0) is 25.0 Å². The molecular weight excluding hydrogens is 318 g/mol. The molecule has 7 heteroatoms. The summed E-state index contributed by atoms with van der Waals surface area (Å²) in [6.45, 7) is 4.76. The van der Waals surface area contributed by atoms with Crippen LogP contribution in [0.1, 0.15) is 12.8 Å². The van der Waals surface area contributed by atoms with E-state index >= 15 is 0 Å². The van der Waals surface area contributed by atoms with Crippen molar-refractivity contribution in [3.63, 3.8) is 0 Å². The van der Waals surface area contributed by atoms with Crippen LogP contribution in [-0.4, -0.2) is 77.6 Å². The number of anilines is 2. The summed E-state index contributed by atoms with van der Waals surface area (Å²) in [6, 6.07) is 8.12. The van der Waals surface area contributed by atoms with Crippen molar-refractivity contribution in [1.82, 2.24) is 14.9 Å². The standard InChI is InChI=1S/C18H27N5O2/c24-13-11-22(12-14-25)10-7-19-18-20-16-6-2-1-5-15(16)17(21-18)23-8-3-4-9-23/h1-2,5-6,24-25H,3-4,7-14H2,(H,19,20,21). The fourth-order valence-corrected chi connectivity index (χ4v) is 3.25. The molecule has 1 aromatic carbocycles. The van der Waals surface area contributed by atoms with Gasteiger partial charge in [0.1, 0.15) is 5.82 Å². The van der Waals surface area contributed by atoms with Gasteiger partial charge in [0.2, 0.25) is 5.95 Å². The highest BCUT2D eigenvalue weighted by Crippen LogP contribution is 2.27. The molecule has 0 unspecified atom stereocenters. The first-order chi connectivity index (χ1) is 12.3. The molecule has 2 aromatic rings. The van der Waals surface area contributed by atoms with Crippen LogP contribution in [0.3, 0.4) is 0 Å². The van der Waals surface area contributed by atoms with Crippen LogP contribution in [0.4, 0.5) is 11.8 Å². The fraction of sp³-hybridized carbons (Fsp3) is 0.556. The molecule has 1 aromatic heterocycles. The molecule has 0 amide bonds. The Labute approximate surface area is 148 Å². The number of fused-ring (bicyclic) bond motifs is 1. The van der Waals surface area contributed by atoms with Crippen molar-refractivity contribution in [2.45, 2.75) is 12.8 Å². The number of nitrogens with one attached hydrogen (secondary N) is 1. The minimum absolute atomic E-state index is 0.0889. The lowest BCUT2D eigenvalue weighted by Crippen LogP contribution is -2.34. The van der Waals surface area contributed by atoms with Gasteiger partial charge in [0, 0.05) is 44.7 Å². The molecule has 0 spiro atoms. The Hall–Kier alpha value is -1.96. The number of rotatable bonds is 9. The monoisotopic (exact) mass is 345 g/mol. The van der Waals surface area contributed by atoms with E-state index in [1.165, 1.54) is 12.8 Å². The first kappa shape index (κ1) is 17.8. The average molecular weight is 345 g/mol. The third-order valence-corrected chi connectivity index (χ3v) is 4.53. The minimum atomic E-state index is 0.0889. The molecule has 1 fully saturated rings. The number of aliphatic hydroxyl groups is 2. The third-order valence-electron chi connectivity index (χ3n) is 4.53. The van der Waals surface area contributed by atoms with Crippen LogP contribution in [0, 0.1) is 0 Å². The molecule has 0 atom stereocenters. The van der Waals surface area contributed by atoms with Gasteiger partial charge in [-0.15, -0.1) is 0 Å². The van der Waals surface area contributed by atoms with Gasteiger partial charge in [0.15, 0.2) is 0 Å². The number of hydrogen-bond donors (Lipinski definition) is 3. The van der Waals surface area contributed by atoms with Crippen LogP contribution in [-0.2, 0) is 0 Å². The van der Waals surface area contributed by atoms with Gasteiger partial charge in [-0.3, -0.25) is 4.90 Å². The molecule has 7 nitrogen and oxygen atoms in total. The summed E-state index contributed by atoms with van der Waals surface area (Å²) in [5, 5.41) is 22.6. The molecule has 25 heavy (non-hydrogen) atoms. The second-order valence-corrected chi connectivity index (χ2v) is 6.30. The Morgan fingerprint density at radius 2 is 1.72 bits per heavy atom. The number of hydrogen-bond acceptors (Lipinski definition) is 7. The molecule has 1 aliphatic rings. The van der Waals surface area contributed by atoms with Crippen molar-refractivity contribution in [3.8, 4) is 0 Å². The van der Waals surface area contributed by atoms with Gasteiger partial charge in [-0.25, -0.2) is 4.98 Å². The van der Waals surface area contributed by atoms with Crippen LogP contribution in [0.25, 0.3) is 10.9 Å². The fourth-order valence-electron chi connectivity index (χ4n) is 3.25. The van der Waals surface area contributed by atoms with E-state index in [2.05, 4.69) is 21.3 Å². The van der Waals surface area contributed by atoms with Gasteiger partial charge in [0.05, 0.1) is 18.7 Å². The lowest BCUT2D eigenvalue weighted by atomic mass is 10.2. The van der Waals surface area contributed by atoms with E-state index in [1.54, 1.807) is 0 Å². The number of aliphatic hydroxyl groups excluding tert-OH is 2. The first-order valence-electron chi connectivity index (χ1n) is 9.01. The molecule has 0 radical (unpaired) electrons. The maximum absolute atomic E-state index is 9.08. The summed E-state index contributed by atoms with van der Waals surface area (Å²) in [4.78, 5) is 13.7. The van der Waals surface area contributed by atoms with Crippen molar-refractivity contribution in [1.29, 1.82) is 0 Å². The predicted molar refractivity (Wildman–Crippen MR) is 100 cm³/mol. The summed E-state index contributed by atoms with van der Waals surface area (Å²) < 4.78 is 0. The Morgan fingerprint density at radius 1 is 1.00 bits per heavy atom. The molecule has 3 rings (SSSR count). The lowest BCUT2D eigenvalue weighted by Gasteiger charge is -2.21. The first-order valence-corrected chi connectivity index (χ1v) is 9.01. The van der Waals surface area contributed by atoms with Crippen molar-refractivity contribution in [2.75, 3.05) is 62.7 Å². The molecule has 2 heterocycles. The highest BCUT2D eigenvalue weighted by molar-refractivity contribution is 5.90. The largest absolute Gasteiger partial charge is 0.395 e. The van der Waals surface area contributed by atoms with Gasteiger partial charge in [0.25, 0.3) is 0 Å². The van der Waals surface area contributed by atoms with Crippen LogP contribution in [0.15, 0.2) is 24.3 Å². The summed E-state index contributed by atoms with van der Waals surface area (Å²) in [5.74, 6) is 1.64. The summed E-state index contributed by atoms with van der Waals surface area (Å²) in [5.41, 5.74) is 0.949. The SMILES string of the molecule is OCCN(CCO)CCNc1nc(N2CCCC2)c2ccccc2n1. The average Bonchev–Trinajstić information content (AvgIpc) is 3.16. The predicted octanol–water partition coefficient (Wildman–Crippen LogP) is 0.928. The molecular formula is C18H27N5O2. The summed E-state index contributed by atoms with van der Waals surface area (Å²) >= 11 is 0. The number of aromatic nitrogens is 2. The second-order valence-electron chi connectivity index (χ2n) is 6.30. The van der Waals surface area contributed by atoms with Crippen LogP contribution in [0.5, 0.6) is 0 Å². The Kier molecular flexibility index (Phi) is 6.38. The topological polar surface area (TPSA) is 84.8 Å². The molecule has 0 saturated carbocycles. The molecule has 0 aliphatic carbocycles. The highest BCUT2D eigenvalue weighted by atomic mass is 16.3. The van der Waals surface area contributed by atoms with Crippen molar-refractivity contribution >= 4 is 22.7 Å². The molecule has 1 aliphatic heterocycles. The zero-order valence-corrected chi connectivity index (χ0v) is 14.6. The van der Waals surface area contributed by atoms with E-state index in [0.29, 0.717) is 25.6 Å². The number of benzene rings is 1. The molecule has 3 N–H and O–H groups in total. The Bertz CT molecular complexity index is 670. The normalized spacial score (nSPS) is 14.6. The zero-order valence-electron chi connectivity index (χ0n) is 14.6. The van der Waals surface area contributed by atoms with Crippen molar-refractivity contribution in [3.05, 3.63) is 24.3 Å². The number of para-hydroxylation sites is 1.